The zero-order valence-electron chi connectivity index (χ0n) is 17.1. The molecule has 0 spiro atoms. The van der Waals surface area contributed by atoms with Crippen molar-refractivity contribution in [3.63, 3.8) is 0 Å². The zero-order chi connectivity index (χ0) is 22.8. The third-order valence-electron chi connectivity index (χ3n) is 4.87. The summed E-state index contributed by atoms with van der Waals surface area (Å²) >= 11 is 6.06. The molecule has 0 bridgehead atoms. The van der Waals surface area contributed by atoms with Gasteiger partial charge in [-0.3, -0.25) is 9.48 Å². The fourth-order valence-corrected chi connectivity index (χ4v) is 3.46. The van der Waals surface area contributed by atoms with E-state index in [1.165, 1.54) is 16.8 Å². The Morgan fingerprint density at radius 1 is 1.15 bits per heavy atom. The number of hydrogen-bond acceptors (Lipinski definition) is 6. The van der Waals surface area contributed by atoms with Gasteiger partial charge in [0.25, 0.3) is 5.91 Å². The Morgan fingerprint density at radius 2 is 2.03 bits per heavy atom. The topological polar surface area (TPSA) is 87.8 Å². The fourth-order valence-electron chi connectivity index (χ4n) is 3.24. The van der Waals surface area contributed by atoms with Crippen LogP contribution in [0.1, 0.15) is 21.9 Å². The van der Waals surface area contributed by atoms with Crippen molar-refractivity contribution in [2.75, 3.05) is 12.1 Å². The molecule has 1 aliphatic rings. The Kier molecular flexibility index (Phi) is 5.62. The molecule has 1 N–H and O–H groups in total. The van der Waals surface area contributed by atoms with Gasteiger partial charge in [-0.1, -0.05) is 17.7 Å². The monoisotopic (exact) mass is 469 g/mol. The van der Waals surface area contributed by atoms with Gasteiger partial charge >= 0.3 is 0 Å². The summed E-state index contributed by atoms with van der Waals surface area (Å²) in [5.41, 5.74) is 0.318. The summed E-state index contributed by atoms with van der Waals surface area (Å²) in [7, 11) is 0. The number of benzene rings is 2. The molecule has 2 aromatic heterocycles. The van der Waals surface area contributed by atoms with Crippen LogP contribution in [0.5, 0.6) is 17.2 Å². The van der Waals surface area contributed by atoms with Gasteiger partial charge in [-0.25, -0.2) is 4.39 Å². The summed E-state index contributed by atoms with van der Waals surface area (Å²) in [6.07, 6.45) is 1.62. The number of rotatable bonds is 7. The van der Waals surface area contributed by atoms with Crippen molar-refractivity contribution in [3.05, 3.63) is 88.7 Å². The maximum absolute atomic E-state index is 14.0. The predicted molar refractivity (Wildman–Crippen MR) is 116 cm³/mol. The lowest BCUT2D eigenvalue weighted by molar-refractivity contribution is 0.0992. The van der Waals surface area contributed by atoms with E-state index in [4.69, 9.17) is 30.2 Å². The first-order valence-corrected chi connectivity index (χ1v) is 10.3. The third-order valence-corrected chi connectivity index (χ3v) is 5.23. The summed E-state index contributed by atoms with van der Waals surface area (Å²) < 4.78 is 37.3. The zero-order valence-corrected chi connectivity index (χ0v) is 17.8. The van der Waals surface area contributed by atoms with Crippen LogP contribution in [0, 0.1) is 5.82 Å². The SMILES string of the molecule is O=C(Nc1ccn(Cc2c(F)cccc2Cl)n1)c1ccc(COc2ccc3c(c2)OCO3)o1. The summed E-state index contributed by atoms with van der Waals surface area (Å²) in [5, 5.41) is 7.19. The number of carbonyl (C=O) groups excluding carboxylic acids is 1. The first-order valence-electron chi connectivity index (χ1n) is 9.94. The van der Waals surface area contributed by atoms with E-state index in [-0.39, 0.29) is 25.7 Å². The largest absolute Gasteiger partial charge is 0.486 e. The van der Waals surface area contributed by atoms with Gasteiger partial charge in [-0.05, 0) is 36.4 Å². The molecule has 0 atom stereocenters. The number of aromatic nitrogens is 2. The number of nitrogens with one attached hydrogen (secondary N) is 1. The minimum Gasteiger partial charge on any atom is -0.486 e. The lowest BCUT2D eigenvalue weighted by Gasteiger charge is -2.06. The van der Waals surface area contributed by atoms with Crippen molar-refractivity contribution < 1.29 is 27.8 Å². The van der Waals surface area contributed by atoms with E-state index in [1.807, 2.05) is 0 Å². The third kappa shape index (κ3) is 4.63. The molecule has 4 aromatic rings. The van der Waals surface area contributed by atoms with Gasteiger partial charge in [-0.15, -0.1) is 0 Å². The fraction of sp³-hybridized carbons (Fsp3) is 0.130. The Morgan fingerprint density at radius 3 is 2.91 bits per heavy atom. The van der Waals surface area contributed by atoms with E-state index < -0.39 is 11.7 Å². The quantitative estimate of drug-likeness (QED) is 0.415. The summed E-state index contributed by atoms with van der Waals surface area (Å²) in [6, 6.07) is 14.5. The van der Waals surface area contributed by atoms with Gasteiger partial charge in [0.2, 0.25) is 6.79 Å². The van der Waals surface area contributed by atoms with Crippen molar-refractivity contribution in [2.24, 2.45) is 0 Å². The van der Waals surface area contributed by atoms with Gasteiger partial charge in [0.1, 0.15) is 23.9 Å². The number of anilines is 1. The minimum atomic E-state index is -0.474. The molecule has 3 heterocycles. The first-order chi connectivity index (χ1) is 16.0. The van der Waals surface area contributed by atoms with Crippen molar-refractivity contribution in [2.45, 2.75) is 13.2 Å². The van der Waals surface area contributed by atoms with E-state index in [0.717, 1.165) is 0 Å². The number of halogens is 2. The van der Waals surface area contributed by atoms with Gasteiger partial charge in [-0.2, -0.15) is 5.10 Å². The van der Waals surface area contributed by atoms with Gasteiger partial charge < -0.3 is 23.9 Å². The highest BCUT2D eigenvalue weighted by Crippen LogP contribution is 2.35. The van der Waals surface area contributed by atoms with Crippen molar-refractivity contribution >= 4 is 23.3 Å². The highest BCUT2D eigenvalue weighted by Gasteiger charge is 2.16. The normalized spacial score (nSPS) is 12.1. The standard InChI is InChI=1S/C23H17ClFN3O5/c24-17-2-1-3-18(25)16(17)11-28-9-8-22(27-28)26-23(29)20-7-5-15(33-20)12-30-14-4-6-19-21(10-14)32-13-31-19/h1-10H,11-13H2,(H,26,27,29). The number of ether oxygens (including phenoxy) is 3. The molecular weight excluding hydrogens is 453 g/mol. The molecule has 8 nitrogen and oxygen atoms in total. The van der Waals surface area contributed by atoms with Crippen LogP contribution < -0.4 is 19.5 Å². The molecule has 1 aliphatic heterocycles. The van der Waals surface area contributed by atoms with E-state index in [2.05, 4.69) is 10.4 Å². The second-order valence-corrected chi connectivity index (χ2v) is 7.53. The first kappa shape index (κ1) is 20.9. The number of furan rings is 1. The van der Waals surface area contributed by atoms with Crippen molar-refractivity contribution in [1.29, 1.82) is 0 Å². The van der Waals surface area contributed by atoms with Crippen LogP contribution in [0.15, 0.2) is 65.2 Å². The Labute approximate surface area is 192 Å². The molecule has 10 heteroatoms. The molecular formula is C23H17ClFN3O5. The molecule has 2 aromatic carbocycles. The molecule has 168 valence electrons. The van der Waals surface area contributed by atoms with Crippen molar-refractivity contribution in [3.8, 4) is 17.2 Å². The van der Waals surface area contributed by atoms with Crippen LogP contribution in [-0.2, 0) is 13.2 Å². The molecule has 0 saturated carbocycles. The van der Waals surface area contributed by atoms with Crippen LogP contribution >= 0.6 is 11.6 Å². The van der Waals surface area contributed by atoms with E-state index in [1.54, 1.807) is 48.7 Å². The molecule has 0 unspecified atom stereocenters. The number of fused-ring (bicyclic) bond motifs is 1. The maximum atomic E-state index is 14.0. The molecule has 5 rings (SSSR count). The number of hydrogen-bond donors (Lipinski definition) is 1. The van der Waals surface area contributed by atoms with Crippen LogP contribution in [0.4, 0.5) is 10.2 Å². The molecule has 0 saturated heterocycles. The second-order valence-electron chi connectivity index (χ2n) is 7.12. The van der Waals surface area contributed by atoms with Gasteiger partial charge in [0.05, 0.1) is 6.54 Å². The highest BCUT2D eigenvalue weighted by molar-refractivity contribution is 6.31. The van der Waals surface area contributed by atoms with E-state index in [9.17, 15) is 9.18 Å². The minimum absolute atomic E-state index is 0.103. The van der Waals surface area contributed by atoms with Crippen molar-refractivity contribution in [1.82, 2.24) is 9.78 Å². The average molecular weight is 470 g/mol. The highest BCUT2D eigenvalue weighted by atomic mass is 35.5. The Bertz CT molecular complexity index is 1300. The molecule has 33 heavy (non-hydrogen) atoms. The summed E-state index contributed by atoms with van der Waals surface area (Å²) in [5.74, 6) is 1.84. The average Bonchev–Trinajstić information content (AvgIpc) is 3.55. The summed E-state index contributed by atoms with van der Waals surface area (Å²) in [4.78, 5) is 12.5. The summed E-state index contributed by atoms with van der Waals surface area (Å²) in [6.45, 7) is 0.443. The van der Waals surface area contributed by atoms with Gasteiger partial charge in [0.15, 0.2) is 23.1 Å². The number of amides is 1. The molecule has 0 radical (unpaired) electrons. The molecule has 0 fully saturated rings. The second kappa shape index (κ2) is 8.87. The van der Waals surface area contributed by atoms with Crippen LogP contribution in [0.2, 0.25) is 5.02 Å². The predicted octanol–water partition coefficient (Wildman–Crippen LogP) is 4.88. The lowest BCUT2D eigenvalue weighted by atomic mass is 10.2. The Hall–Kier alpha value is -3.98. The molecule has 1 amide bonds. The van der Waals surface area contributed by atoms with E-state index >= 15 is 0 Å². The number of nitrogens with zero attached hydrogens (tertiary/aromatic N) is 2. The van der Waals surface area contributed by atoms with Crippen LogP contribution in [0.3, 0.4) is 0 Å². The smallest absolute Gasteiger partial charge is 0.292 e. The lowest BCUT2D eigenvalue weighted by Crippen LogP contribution is -2.12. The van der Waals surface area contributed by atoms with Crippen LogP contribution in [-0.4, -0.2) is 22.5 Å². The molecule has 0 aliphatic carbocycles. The van der Waals surface area contributed by atoms with E-state index in [0.29, 0.717) is 39.4 Å². The number of carbonyl (C=O) groups is 1. The maximum Gasteiger partial charge on any atom is 0.292 e. The van der Waals surface area contributed by atoms with Crippen LogP contribution in [0.25, 0.3) is 0 Å². The Balaban J connectivity index is 1.18. The van der Waals surface area contributed by atoms with Gasteiger partial charge in [0, 0.05) is 28.9 Å².